The first-order chi connectivity index (χ1) is 19.8. The van der Waals surface area contributed by atoms with Crippen LogP contribution in [0.25, 0.3) is 0 Å². The van der Waals surface area contributed by atoms with E-state index in [0.717, 1.165) is 0 Å². The second kappa shape index (κ2) is 11.5. The molecule has 15 heteroatoms. The lowest BCUT2D eigenvalue weighted by atomic mass is 9.56. The molecule has 3 heterocycles. The van der Waals surface area contributed by atoms with Crippen molar-refractivity contribution in [2.24, 2.45) is 11.3 Å². The molecule has 3 fully saturated rings. The van der Waals surface area contributed by atoms with E-state index in [-0.39, 0.29) is 74.4 Å². The third kappa shape index (κ3) is 6.26. The SMILES string of the molecule is Cc1cc(NC(=O)c2ccc(NS(=O)(=O)CCO)cc2N2CC[C@]3(C(F)F)CC[C@@H]3C2)nc(N2CCC(F)(F)CC2)n1. The lowest BCUT2D eigenvalue weighted by Gasteiger charge is -2.55. The van der Waals surface area contributed by atoms with Crippen LogP contribution in [0.5, 0.6) is 0 Å². The van der Waals surface area contributed by atoms with Gasteiger partial charge in [-0.2, -0.15) is 4.98 Å². The van der Waals surface area contributed by atoms with Gasteiger partial charge in [0, 0.05) is 56.2 Å². The Morgan fingerprint density at radius 2 is 1.81 bits per heavy atom. The van der Waals surface area contributed by atoms with E-state index in [0.29, 0.717) is 24.2 Å². The van der Waals surface area contributed by atoms with Gasteiger partial charge in [0.2, 0.25) is 22.4 Å². The number of fused-ring (bicyclic) bond motifs is 1. The molecule has 1 aromatic carbocycles. The maximum absolute atomic E-state index is 13.9. The van der Waals surface area contributed by atoms with Gasteiger partial charge in [-0.1, -0.05) is 0 Å². The molecule has 3 N–H and O–H groups in total. The molecule has 5 rings (SSSR count). The smallest absolute Gasteiger partial charge is 0.258 e. The van der Waals surface area contributed by atoms with Crippen molar-refractivity contribution in [3.8, 4) is 0 Å². The van der Waals surface area contributed by atoms with Crippen molar-refractivity contribution in [1.29, 1.82) is 0 Å². The van der Waals surface area contributed by atoms with Crippen LogP contribution in [0.3, 0.4) is 0 Å². The third-order valence-electron chi connectivity index (χ3n) is 8.57. The predicted molar refractivity (Wildman–Crippen MR) is 150 cm³/mol. The summed E-state index contributed by atoms with van der Waals surface area (Å²) in [5.74, 6) is -3.71. The minimum atomic E-state index is -3.86. The second-order valence-corrected chi connectivity index (χ2v) is 13.2. The van der Waals surface area contributed by atoms with Gasteiger partial charge in [0.05, 0.1) is 29.3 Å². The number of aliphatic hydroxyl groups is 1. The molecule has 2 aliphatic heterocycles. The van der Waals surface area contributed by atoms with Crippen LogP contribution in [0.1, 0.15) is 48.2 Å². The van der Waals surface area contributed by atoms with Gasteiger partial charge < -0.3 is 20.2 Å². The van der Waals surface area contributed by atoms with Crippen LogP contribution in [0.4, 0.5) is 40.7 Å². The largest absolute Gasteiger partial charge is 0.395 e. The first kappa shape index (κ1) is 30.3. The Morgan fingerprint density at radius 3 is 2.43 bits per heavy atom. The molecule has 1 amide bonds. The number of anilines is 4. The van der Waals surface area contributed by atoms with E-state index in [2.05, 4.69) is 20.0 Å². The Labute approximate surface area is 241 Å². The number of amides is 1. The number of halogens is 4. The molecule has 230 valence electrons. The predicted octanol–water partition coefficient (Wildman–Crippen LogP) is 3.88. The number of carbonyl (C=O) groups is 1. The van der Waals surface area contributed by atoms with Gasteiger partial charge in [-0.25, -0.2) is 31.0 Å². The summed E-state index contributed by atoms with van der Waals surface area (Å²) in [6, 6.07) is 5.89. The van der Waals surface area contributed by atoms with E-state index in [4.69, 9.17) is 5.11 Å². The van der Waals surface area contributed by atoms with Crippen LogP contribution in [0, 0.1) is 18.3 Å². The Morgan fingerprint density at radius 1 is 1.10 bits per heavy atom. The van der Waals surface area contributed by atoms with Gasteiger partial charge in [-0.3, -0.25) is 9.52 Å². The first-order valence-corrected chi connectivity index (χ1v) is 15.5. The van der Waals surface area contributed by atoms with E-state index in [9.17, 15) is 30.8 Å². The highest BCUT2D eigenvalue weighted by molar-refractivity contribution is 7.92. The van der Waals surface area contributed by atoms with Crippen LogP contribution < -0.4 is 19.8 Å². The highest BCUT2D eigenvalue weighted by Gasteiger charge is 2.55. The summed E-state index contributed by atoms with van der Waals surface area (Å²) in [6.07, 6.45) is -1.78. The molecule has 1 aromatic heterocycles. The average molecular weight is 615 g/mol. The summed E-state index contributed by atoms with van der Waals surface area (Å²) in [5, 5.41) is 11.8. The Hall–Kier alpha value is -3.20. The van der Waals surface area contributed by atoms with E-state index in [1.165, 1.54) is 18.2 Å². The van der Waals surface area contributed by atoms with Crippen LogP contribution >= 0.6 is 0 Å². The number of benzene rings is 1. The maximum Gasteiger partial charge on any atom is 0.258 e. The highest BCUT2D eigenvalue weighted by Crippen LogP contribution is 2.56. The summed E-state index contributed by atoms with van der Waals surface area (Å²) in [6.45, 7) is 1.79. The molecule has 3 aliphatic rings. The van der Waals surface area contributed by atoms with Gasteiger partial charge in [-0.15, -0.1) is 0 Å². The molecule has 0 unspecified atom stereocenters. The minimum Gasteiger partial charge on any atom is -0.395 e. The van der Waals surface area contributed by atoms with Crippen molar-refractivity contribution in [2.75, 3.05) is 58.4 Å². The molecular weight excluding hydrogens is 580 g/mol. The number of piperidine rings is 2. The van der Waals surface area contributed by atoms with Crippen molar-refractivity contribution in [1.82, 2.24) is 9.97 Å². The van der Waals surface area contributed by atoms with Crippen molar-refractivity contribution in [3.63, 3.8) is 0 Å². The van der Waals surface area contributed by atoms with Crippen molar-refractivity contribution in [3.05, 3.63) is 35.5 Å². The van der Waals surface area contributed by atoms with Gasteiger partial charge in [-0.05, 0) is 50.3 Å². The van der Waals surface area contributed by atoms with Gasteiger partial charge >= 0.3 is 0 Å². The number of hydrogen-bond acceptors (Lipinski definition) is 8. The van der Waals surface area contributed by atoms with E-state index in [1.54, 1.807) is 17.9 Å². The van der Waals surface area contributed by atoms with E-state index >= 15 is 0 Å². The lowest BCUT2D eigenvalue weighted by Crippen LogP contribution is -2.57. The summed E-state index contributed by atoms with van der Waals surface area (Å²) in [4.78, 5) is 25.8. The monoisotopic (exact) mass is 614 g/mol. The number of aromatic nitrogens is 2. The summed E-state index contributed by atoms with van der Waals surface area (Å²) in [5.41, 5.74) is 0.198. The fourth-order valence-electron chi connectivity index (χ4n) is 6.01. The van der Waals surface area contributed by atoms with Crippen molar-refractivity contribution in [2.45, 2.75) is 51.4 Å². The fourth-order valence-corrected chi connectivity index (χ4v) is 6.84. The van der Waals surface area contributed by atoms with Crippen LogP contribution in [0.15, 0.2) is 24.3 Å². The number of alkyl halides is 4. The molecule has 0 spiro atoms. The zero-order chi connectivity index (χ0) is 30.3. The average Bonchev–Trinajstić information content (AvgIpc) is 2.88. The third-order valence-corrected chi connectivity index (χ3v) is 9.84. The summed E-state index contributed by atoms with van der Waals surface area (Å²) < 4.78 is 82.1. The Bertz CT molecular complexity index is 1440. The molecule has 10 nitrogen and oxygen atoms in total. The molecular formula is C27H34F4N6O4S. The standard InChI is InChI=1S/C27H34F4N6O4S/c1-17-14-22(34-25(32-17)36-10-7-27(30,31)8-11-36)33-23(39)20-3-2-19(35-42(40,41)13-12-38)15-21(20)37-9-6-26(24(28)29)5-4-18(26)16-37/h2-3,14-15,18,24,35,38H,4-13,16H2,1H3,(H,32,33,34,39)/t18-,26-/m1/s1. The zero-order valence-corrected chi connectivity index (χ0v) is 23.9. The molecule has 1 aliphatic carbocycles. The number of sulfonamides is 1. The fraction of sp³-hybridized carbons (Fsp3) is 0.593. The minimum absolute atomic E-state index is 0.0673. The molecule has 2 saturated heterocycles. The van der Waals surface area contributed by atoms with Gasteiger partial charge in [0.15, 0.2) is 0 Å². The Kier molecular flexibility index (Phi) is 8.27. The lowest BCUT2D eigenvalue weighted by molar-refractivity contribution is -0.121. The summed E-state index contributed by atoms with van der Waals surface area (Å²) >= 11 is 0. The normalized spacial score (nSPS) is 23.7. The highest BCUT2D eigenvalue weighted by atomic mass is 32.2. The van der Waals surface area contributed by atoms with Crippen LogP contribution in [-0.2, 0) is 10.0 Å². The topological polar surface area (TPSA) is 128 Å². The van der Waals surface area contributed by atoms with Crippen LogP contribution in [0.2, 0.25) is 0 Å². The van der Waals surface area contributed by atoms with E-state index in [1.807, 2.05) is 4.90 Å². The maximum atomic E-state index is 13.9. The number of carbonyl (C=O) groups excluding carboxylic acids is 1. The van der Waals surface area contributed by atoms with E-state index < -0.39 is 46.1 Å². The molecule has 42 heavy (non-hydrogen) atoms. The first-order valence-electron chi connectivity index (χ1n) is 13.9. The number of rotatable bonds is 9. The molecule has 0 radical (unpaired) electrons. The van der Waals surface area contributed by atoms with Gasteiger partial charge in [0.25, 0.3) is 11.8 Å². The number of nitrogens with one attached hydrogen (secondary N) is 2. The quantitative estimate of drug-likeness (QED) is 0.364. The number of aliphatic hydroxyl groups excluding tert-OH is 1. The number of aryl methyl sites for hydroxylation is 1. The van der Waals surface area contributed by atoms with Crippen LogP contribution in [-0.4, -0.2) is 80.3 Å². The molecule has 0 bridgehead atoms. The molecule has 2 atom stereocenters. The summed E-state index contributed by atoms with van der Waals surface area (Å²) in [7, 11) is -3.86. The number of hydrogen-bond donors (Lipinski definition) is 3. The van der Waals surface area contributed by atoms with Crippen molar-refractivity contribution >= 4 is 39.1 Å². The van der Waals surface area contributed by atoms with Gasteiger partial charge in [0.1, 0.15) is 5.82 Å². The Balaban J connectivity index is 1.41. The molecule has 1 saturated carbocycles. The number of nitrogens with zero attached hydrogens (tertiary/aromatic N) is 4. The molecule has 2 aromatic rings. The zero-order valence-electron chi connectivity index (χ0n) is 23.1. The second-order valence-electron chi connectivity index (χ2n) is 11.3. The van der Waals surface area contributed by atoms with Crippen molar-refractivity contribution < 1.29 is 35.9 Å².